The Morgan fingerprint density at radius 1 is 1.26 bits per heavy atom. The lowest BCUT2D eigenvalue weighted by Crippen LogP contribution is -2.34. The number of hydrogen-bond donors (Lipinski definition) is 2. The van der Waals surface area contributed by atoms with Gasteiger partial charge in [-0.2, -0.15) is 0 Å². The van der Waals surface area contributed by atoms with E-state index < -0.39 is 10.8 Å². The SMILES string of the molecule is COCCOc1ccc(Br)cc1C(=O)NC(=S)Nc1ccccc1[N+](=O)[O-]. The van der Waals surface area contributed by atoms with Crippen LogP contribution in [0.5, 0.6) is 5.75 Å². The number of carbonyl (C=O) groups excluding carboxylic acids is 1. The molecule has 0 bridgehead atoms. The van der Waals surface area contributed by atoms with E-state index in [1.807, 2.05) is 0 Å². The number of para-hydroxylation sites is 2. The summed E-state index contributed by atoms with van der Waals surface area (Å²) in [4.78, 5) is 23.1. The molecule has 2 N–H and O–H groups in total. The largest absolute Gasteiger partial charge is 0.490 e. The molecule has 0 radical (unpaired) electrons. The summed E-state index contributed by atoms with van der Waals surface area (Å²) in [5.41, 5.74) is 0.283. The Kier molecular flexibility index (Phi) is 7.65. The molecular formula is C17H16BrN3O5S. The summed E-state index contributed by atoms with van der Waals surface area (Å²) in [5, 5.41) is 16.1. The van der Waals surface area contributed by atoms with Crippen molar-refractivity contribution in [1.82, 2.24) is 5.32 Å². The van der Waals surface area contributed by atoms with E-state index in [9.17, 15) is 14.9 Å². The lowest BCUT2D eigenvalue weighted by Gasteiger charge is -2.13. The fourth-order valence-electron chi connectivity index (χ4n) is 2.10. The minimum absolute atomic E-state index is 0.0721. The van der Waals surface area contributed by atoms with Gasteiger partial charge in [-0.3, -0.25) is 20.2 Å². The third-order valence-corrected chi connectivity index (χ3v) is 4.00. The summed E-state index contributed by atoms with van der Waals surface area (Å²) in [6.45, 7) is 0.645. The normalized spacial score (nSPS) is 10.1. The van der Waals surface area contributed by atoms with Crippen molar-refractivity contribution >= 4 is 50.5 Å². The number of rotatable bonds is 7. The summed E-state index contributed by atoms with van der Waals surface area (Å²) in [6, 6.07) is 11.0. The van der Waals surface area contributed by atoms with Crippen LogP contribution in [0.4, 0.5) is 11.4 Å². The molecule has 1 amide bonds. The van der Waals surface area contributed by atoms with Crippen LogP contribution >= 0.6 is 28.1 Å². The molecule has 27 heavy (non-hydrogen) atoms. The standard InChI is InChI=1S/C17H16BrN3O5S/c1-25-8-9-26-15-7-6-11(18)10-12(15)16(22)20-17(27)19-13-4-2-3-5-14(13)21(23)24/h2-7,10H,8-9H2,1H3,(H2,19,20,22,27). The number of nitro groups is 1. The Bertz CT molecular complexity index is 862. The maximum Gasteiger partial charge on any atom is 0.292 e. The van der Waals surface area contributed by atoms with Gasteiger partial charge in [0, 0.05) is 17.6 Å². The lowest BCUT2D eigenvalue weighted by atomic mass is 10.2. The average molecular weight is 454 g/mol. The molecule has 0 saturated heterocycles. The molecule has 2 rings (SSSR count). The smallest absolute Gasteiger partial charge is 0.292 e. The third kappa shape index (κ3) is 5.98. The summed E-state index contributed by atoms with van der Waals surface area (Å²) in [5.74, 6) is -0.152. The monoisotopic (exact) mass is 453 g/mol. The zero-order chi connectivity index (χ0) is 19.8. The first-order chi connectivity index (χ1) is 12.9. The molecule has 142 valence electrons. The summed E-state index contributed by atoms with van der Waals surface area (Å²) in [6.07, 6.45) is 0. The maximum absolute atomic E-state index is 12.6. The molecule has 0 spiro atoms. The van der Waals surface area contributed by atoms with Crippen LogP contribution < -0.4 is 15.4 Å². The van der Waals surface area contributed by atoms with Crippen molar-refractivity contribution in [2.75, 3.05) is 25.6 Å². The maximum atomic E-state index is 12.6. The Labute approximate surface area is 169 Å². The Morgan fingerprint density at radius 3 is 2.70 bits per heavy atom. The number of carbonyl (C=O) groups is 1. The van der Waals surface area contributed by atoms with Crippen LogP contribution in [0.1, 0.15) is 10.4 Å². The topological polar surface area (TPSA) is 103 Å². The second kappa shape index (κ2) is 9.95. The fourth-order valence-corrected chi connectivity index (χ4v) is 2.67. The number of nitro benzene ring substituents is 1. The zero-order valence-corrected chi connectivity index (χ0v) is 16.6. The predicted octanol–water partition coefficient (Wildman–Crippen LogP) is 3.51. The predicted molar refractivity (Wildman–Crippen MR) is 108 cm³/mol. The third-order valence-electron chi connectivity index (χ3n) is 3.31. The highest BCUT2D eigenvalue weighted by Crippen LogP contribution is 2.24. The second-order valence-electron chi connectivity index (χ2n) is 5.16. The van der Waals surface area contributed by atoms with Gasteiger partial charge >= 0.3 is 0 Å². The van der Waals surface area contributed by atoms with Gasteiger partial charge in [-0.15, -0.1) is 0 Å². The molecule has 0 atom stereocenters. The Morgan fingerprint density at radius 2 is 2.00 bits per heavy atom. The van der Waals surface area contributed by atoms with Crippen molar-refractivity contribution in [1.29, 1.82) is 0 Å². The molecule has 0 saturated carbocycles. The second-order valence-corrected chi connectivity index (χ2v) is 6.49. The molecule has 10 heteroatoms. The summed E-state index contributed by atoms with van der Waals surface area (Å²) in [7, 11) is 1.55. The number of anilines is 1. The molecule has 2 aromatic carbocycles. The van der Waals surface area contributed by atoms with Crippen LogP contribution in [0, 0.1) is 10.1 Å². The van der Waals surface area contributed by atoms with E-state index in [0.717, 1.165) is 0 Å². The van der Waals surface area contributed by atoms with Crippen LogP contribution in [-0.2, 0) is 4.74 Å². The van der Waals surface area contributed by atoms with Crippen LogP contribution in [0.3, 0.4) is 0 Å². The molecule has 2 aromatic rings. The van der Waals surface area contributed by atoms with Crippen molar-refractivity contribution in [2.24, 2.45) is 0 Å². The molecule has 0 heterocycles. The Hall–Kier alpha value is -2.56. The van der Waals surface area contributed by atoms with E-state index in [2.05, 4.69) is 26.6 Å². The molecule has 8 nitrogen and oxygen atoms in total. The number of ether oxygens (including phenoxy) is 2. The van der Waals surface area contributed by atoms with Gasteiger partial charge < -0.3 is 14.8 Å². The van der Waals surface area contributed by atoms with Crippen molar-refractivity contribution in [3.8, 4) is 5.75 Å². The Balaban J connectivity index is 2.12. The van der Waals surface area contributed by atoms with Gasteiger partial charge in [0.15, 0.2) is 5.11 Å². The van der Waals surface area contributed by atoms with E-state index >= 15 is 0 Å². The first-order valence-corrected chi connectivity index (χ1v) is 8.89. The molecule has 0 aliphatic carbocycles. The van der Waals surface area contributed by atoms with E-state index in [-0.39, 0.29) is 28.7 Å². The number of methoxy groups -OCH3 is 1. The molecule has 0 fully saturated rings. The lowest BCUT2D eigenvalue weighted by molar-refractivity contribution is -0.383. The quantitative estimate of drug-likeness (QED) is 0.286. The van der Waals surface area contributed by atoms with Gasteiger partial charge in [0.2, 0.25) is 0 Å². The zero-order valence-electron chi connectivity index (χ0n) is 14.2. The van der Waals surface area contributed by atoms with Crippen LogP contribution in [0.25, 0.3) is 0 Å². The molecule has 0 aliphatic rings. The van der Waals surface area contributed by atoms with Gasteiger partial charge in [0.05, 0.1) is 17.1 Å². The number of hydrogen-bond acceptors (Lipinski definition) is 6. The number of nitrogens with one attached hydrogen (secondary N) is 2. The molecular weight excluding hydrogens is 438 g/mol. The highest BCUT2D eigenvalue weighted by Gasteiger charge is 2.17. The van der Waals surface area contributed by atoms with Crippen LogP contribution in [0.2, 0.25) is 0 Å². The number of halogens is 1. The van der Waals surface area contributed by atoms with Crippen LogP contribution in [0.15, 0.2) is 46.9 Å². The van der Waals surface area contributed by atoms with Gasteiger partial charge in [-0.05, 0) is 36.5 Å². The van der Waals surface area contributed by atoms with E-state index in [0.29, 0.717) is 16.8 Å². The highest BCUT2D eigenvalue weighted by molar-refractivity contribution is 9.10. The van der Waals surface area contributed by atoms with Crippen molar-refractivity contribution < 1.29 is 19.2 Å². The minimum atomic E-state index is -0.539. The fraction of sp³-hybridized carbons (Fsp3) is 0.176. The number of benzene rings is 2. The molecule has 0 unspecified atom stereocenters. The molecule has 0 aliphatic heterocycles. The first-order valence-electron chi connectivity index (χ1n) is 7.69. The number of thiocarbonyl (C=S) groups is 1. The van der Waals surface area contributed by atoms with Crippen molar-refractivity contribution in [3.05, 3.63) is 62.6 Å². The first kappa shape index (κ1) is 20.7. The van der Waals surface area contributed by atoms with Gasteiger partial charge in [0.1, 0.15) is 18.0 Å². The summed E-state index contributed by atoms with van der Waals surface area (Å²) < 4.78 is 11.2. The van der Waals surface area contributed by atoms with Crippen molar-refractivity contribution in [3.63, 3.8) is 0 Å². The molecule has 0 aromatic heterocycles. The minimum Gasteiger partial charge on any atom is -0.490 e. The van der Waals surface area contributed by atoms with E-state index in [1.165, 1.54) is 18.2 Å². The summed E-state index contributed by atoms with van der Waals surface area (Å²) >= 11 is 8.41. The van der Waals surface area contributed by atoms with E-state index in [1.54, 1.807) is 31.4 Å². The van der Waals surface area contributed by atoms with Crippen LogP contribution in [-0.4, -0.2) is 36.3 Å². The van der Waals surface area contributed by atoms with Gasteiger partial charge in [0.25, 0.3) is 11.6 Å². The highest BCUT2D eigenvalue weighted by atomic mass is 79.9. The van der Waals surface area contributed by atoms with Gasteiger partial charge in [-0.1, -0.05) is 28.1 Å². The van der Waals surface area contributed by atoms with E-state index in [4.69, 9.17) is 21.7 Å². The number of amides is 1. The average Bonchev–Trinajstić information content (AvgIpc) is 2.63. The van der Waals surface area contributed by atoms with Crippen molar-refractivity contribution in [2.45, 2.75) is 0 Å². The van der Waals surface area contributed by atoms with Gasteiger partial charge in [-0.25, -0.2) is 0 Å². The number of nitrogens with zero attached hydrogens (tertiary/aromatic N) is 1.